The van der Waals surface area contributed by atoms with Gasteiger partial charge in [-0.25, -0.2) is 4.39 Å². The third-order valence-electron chi connectivity index (χ3n) is 4.12. The Hall–Kier alpha value is -2.40. The molecule has 1 N–H and O–H groups in total. The number of halogens is 1. The number of likely N-dealkylation sites (N-methyl/N-ethyl adjacent to an activating group) is 1. The number of nitrogens with zero attached hydrogens (tertiary/aromatic N) is 1. The van der Waals surface area contributed by atoms with Gasteiger partial charge >= 0.3 is 0 Å². The van der Waals surface area contributed by atoms with Crippen LogP contribution in [0.1, 0.15) is 23.6 Å². The SMILES string of the molecule is COc1cccc(C(CNC(=O)CCc2cccc(F)c2)N(C)C)c1. The molecule has 1 unspecified atom stereocenters. The number of carbonyl (C=O) groups is 1. The van der Waals surface area contributed by atoms with Crippen LogP contribution in [0.2, 0.25) is 0 Å². The summed E-state index contributed by atoms with van der Waals surface area (Å²) in [6.07, 6.45) is 0.858. The van der Waals surface area contributed by atoms with Crippen LogP contribution in [0.3, 0.4) is 0 Å². The van der Waals surface area contributed by atoms with Crippen molar-refractivity contribution in [2.24, 2.45) is 0 Å². The van der Waals surface area contributed by atoms with Gasteiger partial charge in [0.15, 0.2) is 0 Å². The van der Waals surface area contributed by atoms with Crippen molar-refractivity contribution in [2.45, 2.75) is 18.9 Å². The molecule has 0 radical (unpaired) electrons. The minimum Gasteiger partial charge on any atom is -0.497 e. The van der Waals surface area contributed by atoms with Gasteiger partial charge in [0.2, 0.25) is 5.91 Å². The molecule has 0 aliphatic carbocycles. The van der Waals surface area contributed by atoms with Gasteiger partial charge in [-0.15, -0.1) is 0 Å². The van der Waals surface area contributed by atoms with Gasteiger partial charge in [0.1, 0.15) is 11.6 Å². The van der Waals surface area contributed by atoms with E-state index < -0.39 is 0 Å². The molecule has 2 rings (SSSR count). The van der Waals surface area contributed by atoms with Crippen molar-refractivity contribution in [3.05, 3.63) is 65.5 Å². The second kappa shape index (κ2) is 9.18. The van der Waals surface area contributed by atoms with E-state index in [1.807, 2.05) is 44.4 Å². The fourth-order valence-corrected chi connectivity index (χ4v) is 2.70. The van der Waals surface area contributed by atoms with Crippen molar-refractivity contribution < 1.29 is 13.9 Å². The maximum Gasteiger partial charge on any atom is 0.220 e. The van der Waals surface area contributed by atoms with Gasteiger partial charge in [0.05, 0.1) is 13.2 Å². The molecule has 1 atom stereocenters. The van der Waals surface area contributed by atoms with Crippen LogP contribution in [-0.4, -0.2) is 38.6 Å². The first-order valence-corrected chi connectivity index (χ1v) is 8.31. The maximum absolute atomic E-state index is 13.2. The van der Waals surface area contributed by atoms with Gasteiger partial charge in [0.25, 0.3) is 0 Å². The lowest BCUT2D eigenvalue weighted by atomic mass is 10.1. The van der Waals surface area contributed by atoms with E-state index in [-0.39, 0.29) is 17.8 Å². The molecule has 2 aromatic carbocycles. The molecule has 1 amide bonds. The first-order valence-electron chi connectivity index (χ1n) is 8.31. The van der Waals surface area contributed by atoms with E-state index in [1.165, 1.54) is 12.1 Å². The van der Waals surface area contributed by atoms with Crippen LogP contribution in [0, 0.1) is 5.82 Å². The van der Waals surface area contributed by atoms with E-state index in [0.717, 1.165) is 16.9 Å². The Kier molecular flexibility index (Phi) is 6.95. The largest absolute Gasteiger partial charge is 0.497 e. The normalized spacial score (nSPS) is 12.0. The summed E-state index contributed by atoms with van der Waals surface area (Å²) in [7, 11) is 5.59. The van der Waals surface area contributed by atoms with Crippen molar-refractivity contribution in [3.8, 4) is 5.75 Å². The average Bonchev–Trinajstić information content (AvgIpc) is 2.60. The smallest absolute Gasteiger partial charge is 0.220 e. The zero-order valence-electron chi connectivity index (χ0n) is 15.0. The number of aryl methyl sites for hydroxylation is 1. The standard InChI is InChI=1S/C20H25FN2O2/c1-23(2)19(16-7-5-9-18(13-16)25-3)14-22-20(24)11-10-15-6-4-8-17(21)12-15/h4-9,12-13,19H,10-11,14H2,1-3H3,(H,22,24). The molecule has 0 aliphatic rings. The van der Waals surface area contributed by atoms with E-state index in [2.05, 4.69) is 10.2 Å². The summed E-state index contributed by atoms with van der Waals surface area (Å²) in [6, 6.07) is 14.2. The van der Waals surface area contributed by atoms with E-state index in [0.29, 0.717) is 19.4 Å². The van der Waals surface area contributed by atoms with Crippen LogP contribution < -0.4 is 10.1 Å². The van der Waals surface area contributed by atoms with Crippen LogP contribution in [0.5, 0.6) is 5.75 Å². The van der Waals surface area contributed by atoms with Gasteiger partial charge in [-0.3, -0.25) is 4.79 Å². The number of carbonyl (C=O) groups excluding carboxylic acids is 1. The predicted molar refractivity (Wildman–Crippen MR) is 97.2 cm³/mol. The summed E-state index contributed by atoms with van der Waals surface area (Å²) >= 11 is 0. The number of benzene rings is 2. The molecule has 0 saturated heterocycles. The highest BCUT2D eigenvalue weighted by molar-refractivity contribution is 5.76. The first kappa shape index (κ1) is 18.9. The van der Waals surface area contributed by atoms with Crippen molar-refractivity contribution in [1.29, 1.82) is 0 Å². The van der Waals surface area contributed by atoms with Gasteiger partial charge in [-0.1, -0.05) is 24.3 Å². The van der Waals surface area contributed by atoms with Crippen LogP contribution in [0.15, 0.2) is 48.5 Å². The summed E-state index contributed by atoms with van der Waals surface area (Å²) in [4.78, 5) is 14.2. The zero-order chi connectivity index (χ0) is 18.2. The Morgan fingerprint density at radius 3 is 2.64 bits per heavy atom. The van der Waals surface area contributed by atoms with E-state index in [4.69, 9.17) is 4.74 Å². The molecule has 0 heterocycles. The number of rotatable bonds is 8. The third-order valence-corrected chi connectivity index (χ3v) is 4.12. The number of nitrogens with one attached hydrogen (secondary N) is 1. The average molecular weight is 344 g/mol. The molecule has 0 fully saturated rings. The minimum atomic E-state index is -0.274. The molecular formula is C20H25FN2O2. The summed E-state index contributed by atoms with van der Waals surface area (Å²) in [6.45, 7) is 0.502. The molecule has 2 aromatic rings. The Labute approximate surface area is 148 Å². The summed E-state index contributed by atoms with van der Waals surface area (Å²) in [5.41, 5.74) is 1.90. The molecule has 25 heavy (non-hydrogen) atoms. The molecule has 0 saturated carbocycles. The minimum absolute atomic E-state index is 0.0426. The van der Waals surface area contributed by atoms with Crippen molar-refractivity contribution >= 4 is 5.91 Å². The van der Waals surface area contributed by atoms with Crippen molar-refractivity contribution in [1.82, 2.24) is 10.2 Å². The molecule has 0 aliphatic heterocycles. The fourth-order valence-electron chi connectivity index (χ4n) is 2.70. The molecule has 4 nitrogen and oxygen atoms in total. The van der Waals surface area contributed by atoms with Gasteiger partial charge in [0, 0.05) is 13.0 Å². The fraction of sp³-hybridized carbons (Fsp3) is 0.350. The first-order chi connectivity index (χ1) is 12.0. The molecule has 0 aromatic heterocycles. The van der Waals surface area contributed by atoms with Gasteiger partial charge in [-0.2, -0.15) is 0 Å². The van der Waals surface area contributed by atoms with Crippen molar-refractivity contribution in [3.63, 3.8) is 0 Å². The molecule has 134 valence electrons. The molecule has 0 spiro atoms. The highest BCUT2D eigenvalue weighted by Gasteiger charge is 2.16. The number of hydrogen-bond donors (Lipinski definition) is 1. The Balaban J connectivity index is 1.90. The zero-order valence-corrected chi connectivity index (χ0v) is 15.0. The topological polar surface area (TPSA) is 41.6 Å². The van der Waals surface area contributed by atoms with Gasteiger partial charge in [-0.05, 0) is 55.9 Å². The maximum atomic E-state index is 13.2. The number of amides is 1. The number of methoxy groups -OCH3 is 1. The van der Waals surface area contributed by atoms with Crippen molar-refractivity contribution in [2.75, 3.05) is 27.7 Å². The van der Waals surface area contributed by atoms with E-state index >= 15 is 0 Å². The van der Waals surface area contributed by atoms with Crippen LogP contribution in [0.25, 0.3) is 0 Å². The van der Waals surface area contributed by atoms with Crippen LogP contribution in [0.4, 0.5) is 4.39 Å². The van der Waals surface area contributed by atoms with Crippen LogP contribution in [-0.2, 0) is 11.2 Å². The van der Waals surface area contributed by atoms with Gasteiger partial charge < -0.3 is 15.0 Å². The number of hydrogen-bond acceptors (Lipinski definition) is 3. The molecular weight excluding hydrogens is 319 g/mol. The van der Waals surface area contributed by atoms with E-state index in [9.17, 15) is 9.18 Å². The quantitative estimate of drug-likeness (QED) is 0.800. The highest BCUT2D eigenvalue weighted by Crippen LogP contribution is 2.22. The molecule has 5 heteroatoms. The summed E-state index contributed by atoms with van der Waals surface area (Å²) in [5.74, 6) is 0.476. The lowest BCUT2D eigenvalue weighted by Gasteiger charge is -2.25. The second-order valence-electron chi connectivity index (χ2n) is 6.19. The Bertz CT molecular complexity index is 704. The second-order valence-corrected chi connectivity index (χ2v) is 6.19. The monoisotopic (exact) mass is 344 g/mol. The summed E-state index contributed by atoms with van der Waals surface area (Å²) < 4.78 is 18.4. The van der Waals surface area contributed by atoms with E-state index in [1.54, 1.807) is 13.2 Å². The Morgan fingerprint density at radius 1 is 1.20 bits per heavy atom. The Morgan fingerprint density at radius 2 is 1.96 bits per heavy atom. The third kappa shape index (κ3) is 5.87. The lowest BCUT2D eigenvalue weighted by molar-refractivity contribution is -0.121. The highest BCUT2D eigenvalue weighted by atomic mass is 19.1. The predicted octanol–water partition coefficient (Wildman–Crippen LogP) is 3.19. The lowest BCUT2D eigenvalue weighted by Crippen LogP contribution is -2.34. The van der Waals surface area contributed by atoms with Crippen LogP contribution >= 0.6 is 0 Å². The molecule has 0 bridgehead atoms. The summed E-state index contributed by atoms with van der Waals surface area (Å²) in [5, 5.41) is 2.97. The number of ether oxygens (including phenoxy) is 1.